The van der Waals surface area contributed by atoms with Crippen molar-refractivity contribution >= 4 is 23.3 Å². The van der Waals surface area contributed by atoms with E-state index in [1.165, 1.54) is 0 Å². The third-order valence-electron chi connectivity index (χ3n) is 6.11. The maximum atomic E-state index is 13.4. The molecule has 1 aliphatic heterocycles. The number of methoxy groups -OCH3 is 1. The van der Waals surface area contributed by atoms with Gasteiger partial charge in [-0.3, -0.25) is 0 Å². The number of fused-ring (bicyclic) bond motifs is 1. The van der Waals surface area contributed by atoms with Crippen LogP contribution in [0.3, 0.4) is 0 Å². The Morgan fingerprint density at radius 3 is 2.31 bits per heavy atom. The Labute approximate surface area is 210 Å². The Bertz CT molecular complexity index is 1200. The highest BCUT2D eigenvalue weighted by atomic mass is 16.5. The number of aromatic nitrogens is 2. The van der Waals surface area contributed by atoms with Crippen LogP contribution >= 0.6 is 0 Å². The molecule has 0 unspecified atom stereocenters. The van der Waals surface area contributed by atoms with E-state index in [0.29, 0.717) is 57.0 Å². The molecule has 9 heteroatoms. The number of nitrogens with zero attached hydrogens (tertiary/aromatic N) is 3. The fourth-order valence-electron chi connectivity index (χ4n) is 4.52. The zero-order valence-corrected chi connectivity index (χ0v) is 21.1. The number of ether oxygens (including phenoxy) is 4. The third kappa shape index (κ3) is 5.22. The van der Waals surface area contributed by atoms with Gasteiger partial charge in [0.15, 0.2) is 0 Å². The van der Waals surface area contributed by atoms with Crippen LogP contribution in [-0.4, -0.2) is 74.8 Å². The van der Waals surface area contributed by atoms with Crippen LogP contribution in [0.2, 0.25) is 0 Å². The fourth-order valence-corrected chi connectivity index (χ4v) is 4.52. The zero-order valence-electron chi connectivity index (χ0n) is 21.1. The number of hydrogen-bond donors (Lipinski definition) is 0. The number of esters is 2. The van der Waals surface area contributed by atoms with Gasteiger partial charge in [0, 0.05) is 32.4 Å². The lowest BCUT2D eigenvalue weighted by atomic mass is 10.0. The molecule has 0 saturated carbocycles. The highest BCUT2D eigenvalue weighted by Gasteiger charge is 2.33. The van der Waals surface area contributed by atoms with Crippen molar-refractivity contribution in [3.63, 3.8) is 0 Å². The number of carbonyl (C=O) groups is 2. The van der Waals surface area contributed by atoms with Crippen LogP contribution in [0, 0.1) is 0 Å². The first-order valence-electron chi connectivity index (χ1n) is 12.4. The second kappa shape index (κ2) is 12.0. The fraction of sp³-hybridized carbons (Fsp3) is 0.444. The highest BCUT2D eigenvalue weighted by Crippen LogP contribution is 2.36. The van der Waals surface area contributed by atoms with Crippen LogP contribution in [0.5, 0.6) is 0 Å². The lowest BCUT2D eigenvalue weighted by Crippen LogP contribution is -2.37. The number of carbonyl (C=O) groups excluding carboxylic acids is 2. The highest BCUT2D eigenvalue weighted by molar-refractivity contribution is 6.12. The molecule has 0 amide bonds. The van der Waals surface area contributed by atoms with E-state index in [1.807, 2.05) is 36.4 Å². The molecule has 1 saturated heterocycles. The third-order valence-corrected chi connectivity index (χ3v) is 6.11. The van der Waals surface area contributed by atoms with Crippen molar-refractivity contribution < 1.29 is 28.5 Å². The predicted molar refractivity (Wildman–Crippen MR) is 136 cm³/mol. The average molecular weight is 496 g/mol. The summed E-state index contributed by atoms with van der Waals surface area (Å²) < 4.78 is 23.4. The second-order valence-electron chi connectivity index (χ2n) is 8.38. The summed E-state index contributed by atoms with van der Waals surface area (Å²) in [6.45, 7) is 6.95. The minimum atomic E-state index is -0.575. The van der Waals surface area contributed by atoms with Gasteiger partial charge in [0.2, 0.25) is 0 Å². The normalized spacial score (nSPS) is 13.7. The molecule has 0 radical (unpaired) electrons. The monoisotopic (exact) mass is 495 g/mol. The minimum absolute atomic E-state index is 0.178. The first kappa shape index (κ1) is 25.7. The van der Waals surface area contributed by atoms with Crippen molar-refractivity contribution in [3.05, 3.63) is 53.2 Å². The van der Waals surface area contributed by atoms with Crippen molar-refractivity contribution in [2.24, 2.45) is 0 Å². The molecular weight excluding hydrogens is 462 g/mol. The molecule has 0 aliphatic carbocycles. The summed E-state index contributed by atoms with van der Waals surface area (Å²) in [5.41, 5.74) is 3.22. The summed E-state index contributed by atoms with van der Waals surface area (Å²) in [4.78, 5) is 28.8. The van der Waals surface area contributed by atoms with E-state index in [4.69, 9.17) is 24.0 Å². The van der Waals surface area contributed by atoms with Gasteiger partial charge >= 0.3 is 11.9 Å². The summed E-state index contributed by atoms with van der Waals surface area (Å²) in [7, 11) is 1.63. The van der Waals surface area contributed by atoms with E-state index in [2.05, 4.69) is 4.90 Å². The molecule has 0 spiro atoms. The SMILES string of the molecule is CCOC(=O)c1c(C(=O)OCC)c2c(-c3ccccc3)cc(N3CCOCC3)nn2c1CCCOC. The summed E-state index contributed by atoms with van der Waals surface area (Å²) in [5, 5.41) is 4.96. The van der Waals surface area contributed by atoms with E-state index in [0.717, 1.165) is 16.9 Å². The van der Waals surface area contributed by atoms with Gasteiger partial charge in [-0.25, -0.2) is 14.1 Å². The maximum absolute atomic E-state index is 13.4. The molecule has 1 aliphatic rings. The van der Waals surface area contributed by atoms with Gasteiger partial charge in [-0.1, -0.05) is 30.3 Å². The maximum Gasteiger partial charge on any atom is 0.341 e. The van der Waals surface area contributed by atoms with E-state index in [9.17, 15) is 9.59 Å². The van der Waals surface area contributed by atoms with Gasteiger partial charge in [-0.05, 0) is 38.3 Å². The largest absolute Gasteiger partial charge is 0.462 e. The van der Waals surface area contributed by atoms with Gasteiger partial charge in [-0.2, -0.15) is 0 Å². The topological polar surface area (TPSA) is 91.6 Å². The van der Waals surface area contributed by atoms with Crippen LogP contribution in [-0.2, 0) is 25.4 Å². The van der Waals surface area contributed by atoms with Crippen molar-refractivity contribution in [2.45, 2.75) is 26.7 Å². The molecule has 9 nitrogen and oxygen atoms in total. The van der Waals surface area contributed by atoms with E-state index in [1.54, 1.807) is 25.5 Å². The summed E-state index contributed by atoms with van der Waals surface area (Å²) in [6, 6.07) is 11.8. The van der Waals surface area contributed by atoms with Crippen LogP contribution in [0.25, 0.3) is 16.6 Å². The number of anilines is 1. The Kier molecular flexibility index (Phi) is 8.56. The molecule has 4 rings (SSSR count). The van der Waals surface area contributed by atoms with Gasteiger partial charge in [0.25, 0.3) is 0 Å². The van der Waals surface area contributed by atoms with Crippen LogP contribution in [0.15, 0.2) is 36.4 Å². The van der Waals surface area contributed by atoms with Crippen molar-refractivity contribution in [2.75, 3.05) is 58.1 Å². The standard InChI is InChI=1S/C27H33N3O6/c1-4-35-26(31)23-21(12-9-15-33-3)30-25(24(23)27(32)36-5-2)20(19-10-7-6-8-11-19)18-22(28-30)29-13-16-34-17-14-29/h6-8,10-11,18H,4-5,9,12-17H2,1-3H3. The number of morpholine rings is 1. The Balaban J connectivity index is 2.07. The van der Waals surface area contributed by atoms with E-state index >= 15 is 0 Å². The minimum Gasteiger partial charge on any atom is -0.462 e. The van der Waals surface area contributed by atoms with Crippen LogP contribution < -0.4 is 4.90 Å². The molecule has 1 aromatic carbocycles. The molecule has 3 heterocycles. The Morgan fingerprint density at radius 1 is 1.00 bits per heavy atom. The number of aryl methyl sites for hydroxylation is 1. The molecule has 3 aromatic rings. The number of benzene rings is 1. The molecule has 0 N–H and O–H groups in total. The summed E-state index contributed by atoms with van der Waals surface area (Å²) in [6.07, 6.45) is 1.11. The Hall–Kier alpha value is -3.43. The van der Waals surface area contributed by atoms with Crippen molar-refractivity contribution in [3.8, 4) is 11.1 Å². The molecule has 0 bridgehead atoms. The van der Waals surface area contributed by atoms with Crippen LogP contribution in [0.4, 0.5) is 5.82 Å². The van der Waals surface area contributed by atoms with Gasteiger partial charge in [0.05, 0.1) is 43.2 Å². The second-order valence-corrected chi connectivity index (χ2v) is 8.38. The van der Waals surface area contributed by atoms with Crippen LogP contribution in [0.1, 0.15) is 46.7 Å². The Morgan fingerprint density at radius 2 is 1.67 bits per heavy atom. The molecule has 2 aromatic heterocycles. The zero-order chi connectivity index (χ0) is 25.5. The average Bonchev–Trinajstić information content (AvgIpc) is 3.24. The summed E-state index contributed by atoms with van der Waals surface area (Å²) >= 11 is 0. The smallest absolute Gasteiger partial charge is 0.341 e. The first-order valence-corrected chi connectivity index (χ1v) is 12.4. The number of rotatable bonds is 10. The van der Waals surface area contributed by atoms with Gasteiger partial charge in [0.1, 0.15) is 11.4 Å². The molecule has 192 valence electrons. The predicted octanol–water partition coefficient (Wildman–Crippen LogP) is 3.77. The lowest BCUT2D eigenvalue weighted by molar-refractivity contribution is 0.0480. The lowest BCUT2D eigenvalue weighted by Gasteiger charge is -2.28. The molecular formula is C27H33N3O6. The molecule has 0 atom stereocenters. The van der Waals surface area contributed by atoms with Gasteiger partial charge < -0.3 is 23.8 Å². The number of hydrogen-bond acceptors (Lipinski definition) is 8. The quantitative estimate of drug-likeness (QED) is 0.310. The van der Waals surface area contributed by atoms with E-state index < -0.39 is 11.9 Å². The molecule has 36 heavy (non-hydrogen) atoms. The summed E-state index contributed by atoms with van der Waals surface area (Å²) in [5.74, 6) is -0.391. The first-order chi connectivity index (χ1) is 17.6. The van der Waals surface area contributed by atoms with Crippen molar-refractivity contribution in [1.29, 1.82) is 0 Å². The van der Waals surface area contributed by atoms with Gasteiger partial charge in [-0.15, -0.1) is 5.10 Å². The van der Waals surface area contributed by atoms with Crippen molar-refractivity contribution in [1.82, 2.24) is 9.61 Å². The molecule has 1 fully saturated rings. The van der Waals surface area contributed by atoms with E-state index in [-0.39, 0.29) is 24.3 Å².